The van der Waals surface area contributed by atoms with E-state index in [9.17, 15) is 0 Å². The summed E-state index contributed by atoms with van der Waals surface area (Å²) in [6, 6.07) is 10.8. The van der Waals surface area contributed by atoms with Crippen molar-refractivity contribution in [1.29, 1.82) is 0 Å². The van der Waals surface area contributed by atoms with Gasteiger partial charge in [0.2, 0.25) is 0 Å². The Labute approximate surface area is 141 Å². The average molecular weight is 407 g/mol. The molecule has 0 saturated carbocycles. The van der Waals surface area contributed by atoms with Crippen LogP contribution in [0, 0.1) is 11.8 Å². The van der Waals surface area contributed by atoms with Crippen LogP contribution >= 0.6 is 0 Å². The van der Waals surface area contributed by atoms with Gasteiger partial charge in [0, 0.05) is 0 Å². The molecule has 1 nitrogen and oxygen atoms in total. The number of ether oxygens (including phenoxy) is 1. The Hall–Kier alpha value is -0.281. The minimum absolute atomic E-state index is 0.371. The Kier molecular flexibility index (Phi) is 6.18. The molecule has 22 heavy (non-hydrogen) atoms. The molecule has 1 aromatic carbocycles. The summed E-state index contributed by atoms with van der Waals surface area (Å²) in [5.74, 6) is 1.19. The summed E-state index contributed by atoms with van der Waals surface area (Å²) < 4.78 is 8.01. The molecule has 3 atom stereocenters. The van der Waals surface area contributed by atoms with Crippen LogP contribution < -0.4 is 0 Å². The topological polar surface area (TPSA) is 9.23 Å². The fourth-order valence-electron chi connectivity index (χ4n) is 3.35. The Morgan fingerprint density at radius 1 is 1.23 bits per heavy atom. The van der Waals surface area contributed by atoms with Crippen LogP contribution in [0.15, 0.2) is 40.5 Å². The minimum atomic E-state index is -2.07. The molecule has 1 aromatic rings. The van der Waals surface area contributed by atoms with Crippen LogP contribution in [0.25, 0.3) is 0 Å². The van der Waals surface area contributed by atoms with E-state index < -0.39 is 18.4 Å². The van der Waals surface area contributed by atoms with Crippen LogP contribution in [0.4, 0.5) is 0 Å². The van der Waals surface area contributed by atoms with Gasteiger partial charge in [-0.15, -0.1) is 0 Å². The van der Waals surface area contributed by atoms with Crippen LogP contribution in [-0.2, 0) is 11.2 Å². The maximum absolute atomic E-state index is 6.45. The van der Waals surface area contributed by atoms with Crippen molar-refractivity contribution in [3.05, 3.63) is 46.1 Å². The van der Waals surface area contributed by atoms with E-state index in [1.165, 1.54) is 12.0 Å². The summed E-state index contributed by atoms with van der Waals surface area (Å²) in [5.41, 5.74) is 1.42. The molecule has 0 aliphatic carbocycles. The van der Waals surface area contributed by atoms with Crippen LogP contribution in [0.2, 0.25) is 14.8 Å². The SMILES string of the molecule is C=[C]([C@@H]1C[C@H](C(C)C)O[C@@H]1CCc1ccccc1)[Sn]([CH3])([CH3])[CH3]. The summed E-state index contributed by atoms with van der Waals surface area (Å²) in [5, 5.41) is 0. The monoisotopic (exact) mass is 408 g/mol. The molecular formula is C20H32OSn. The van der Waals surface area contributed by atoms with Gasteiger partial charge in [-0.25, -0.2) is 0 Å². The van der Waals surface area contributed by atoms with Gasteiger partial charge in [0.25, 0.3) is 0 Å². The Morgan fingerprint density at radius 2 is 1.86 bits per heavy atom. The van der Waals surface area contributed by atoms with Crippen molar-refractivity contribution in [2.24, 2.45) is 11.8 Å². The molecule has 2 rings (SSSR count). The number of hydrogen-bond donors (Lipinski definition) is 0. The van der Waals surface area contributed by atoms with Crippen molar-refractivity contribution in [2.45, 2.75) is 60.1 Å². The zero-order valence-electron chi connectivity index (χ0n) is 14.9. The average Bonchev–Trinajstić information content (AvgIpc) is 2.88. The van der Waals surface area contributed by atoms with E-state index in [1.807, 2.05) is 0 Å². The van der Waals surface area contributed by atoms with E-state index in [4.69, 9.17) is 4.74 Å². The van der Waals surface area contributed by atoms with Crippen LogP contribution in [0.3, 0.4) is 0 Å². The zero-order valence-corrected chi connectivity index (χ0v) is 17.8. The van der Waals surface area contributed by atoms with Gasteiger partial charge in [0.15, 0.2) is 0 Å². The van der Waals surface area contributed by atoms with Gasteiger partial charge in [-0.1, -0.05) is 0 Å². The molecule has 1 saturated heterocycles. The number of aryl methyl sites for hydroxylation is 1. The van der Waals surface area contributed by atoms with Crippen LogP contribution in [0.1, 0.15) is 32.3 Å². The third kappa shape index (κ3) is 4.61. The quantitative estimate of drug-likeness (QED) is 0.568. The number of benzene rings is 1. The van der Waals surface area contributed by atoms with Crippen molar-refractivity contribution in [3.8, 4) is 0 Å². The maximum atomic E-state index is 6.45. The molecule has 1 heterocycles. The summed E-state index contributed by atoms with van der Waals surface area (Å²) in [6.45, 7) is 9.08. The Morgan fingerprint density at radius 3 is 2.41 bits per heavy atom. The van der Waals surface area contributed by atoms with E-state index in [0.29, 0.717) is 24.0 Å². The standard InChI is InChI=1S/C17H23O.3CH3.Sn/c1-4-15-12-17(13(2)3)18-16(15)11-10-14-8-6-5-7-9-14;;;;/h5-9,13,15-17H,1,10-12H2,2-3H3;3*1H3;/t15-,16-,17-;;;;/m1..../s1. The molecule has 0 unspecified atom stereocenters. The van der Waals surface area contributed by atoms with E-state index in [0.717, 1.165) is 12.8 Å². The van der Waals surface area contributed by atoms with Crippen molar-refractivity contribution >= 4 is 18.4 Å². The molecule has 1 aliphatic heterocycles. The first-order valence-corrected chi connectivity index (χ1v) is 18.7. The fraction of sp³-hybridized carbons (Fsp3) is 0.600. The molecular weight excluding hydrogens is 375 g/mol. The van der Waals surface area contributed by atoms with E-state index in [1.54, 1.807) is 3.59 Å². The van der Waals surface area contributed by atoms with Crippen molar-refractivity contribution in [3.63, 3.8) is 0 Å². The van der Waals surface area contributed by atoms with Gasteiger partial charge >= 0.3 is 141 Å². The molecule has 0 radical (unpaired) electrons. The van der Waals surface area contributed by atoms with E-state index in [-0.39, 0.29) is 0 Å². The second-order valence-corrected chi connectivity index (χ2v) is 22.8. The zero-order chi connectivity index (χ0) is 16.3. The second kappa shape index (κ2) is 7.53. The summed E-state index contributed by atoms with van der Waals surface area (Å²) >= 11 is -2.07. The Bertz CT molecular complexity index is 486. The van der Waals surface area contributed by atoms with Crippen molar-refractivity contribution in [1.82, 2.24) is 0 Å². The third-order valence-corrected chi connectivity index (χ3v) is 11.6. The summed E-state index contributed by atoms with van der Waals surface area (Å²) in [7, 11) is 0. The molecule has 2 heteroatoms. The molecule has 122 valence electrons. The van der Waals surface area contributed by atoms with Gasteiger partial charge in [-0.05, 0) is 0 Å². The van der Waals surface area contributed by atoms with Crippen LogP contribution in [0.5, 0.6) is 0 Å². The molecule has 0 amide bonds. The summed E-state index contributed by atoms with van der Waals surface area (Å²) in [6.07, 6.45) is 4.20. The molecule has 0 N–H and O–H groups in total. The first-order chi connectivity index (χ1) is 10.3. The van der Waals surface area contributed by atoms with E-state index in [2.05, 4.69) is 65.6 Å². The molecule has 0 bridgehead atoms. The number of rotatable bonds is 6. The predicted octanol–water partition coefficient (Wildman–Crippen LogP) is 5.48. The predicted molar refractivity (Wildman–Crippen MR) is 98.9 cm³/mol. The van der Waals surface area contributed by atoms with Gasteiger partial charge in [0.1, 0.15) is 0 Å². The normalized spacial score (nSPS) is 25.6. The first-order valence-electron chi connectivity index (χ1n) is 8.67. The van der Waals surface area contributed by atoms with Crippen molar-refractivity contribution in [2.75, 3.05) is 0 Å². The molecule has 0 spiro atoms. The van der Waals surface area contributed by atoms with Gasteiger partial charge in [-0.3, -0.25) is 0 Å². The van der Waals surface area contributed by atoms with Crippen LogP contribution in [-0.4, -0.2) is 30.6 Å². The van der Waals surface area contributed by atoms with Gasteiger partial charge in [0.05, 0.1) is 0 Å². The molecule has 1 aliphatic rings. The second-order valence-electron chi connectivity index (χ2n) is 8.10. The molecule has 1 fully saturated rings. The Balaban J connectivity index is 2.06. The fourth-order valence-corrected chi connectivity index (χ4v) is 7.39. The first kappa shape index (κ1) is 18.1. The van der Waals surface area contributed by atoms with E-state index >= 15 is 0 Å². The number of hydrogen-bond acceptors (Lipinski definition) is 1. The van der Waals surface area contributed by atoms with Gasteiger partial charge in [-0.2, -0.15) is 0 Å². The summed E-state index contributed by atoms with van der Waals surface area (Å²) in [4.78, 5) is 7.44. The third-order valence-electron chi connectivity index (χ3n) is 5.00. The van der Waals surface area contributed by atoms with Crippen molar-refractivity contribution < 1.29 is 4.74 Å². The molecule has 0 aromatic heterocycles. The van der Waals surface area contributed by atoms with Gasteiger partial charge < -0.3 is 0 Å².